The minimum Gasteiger partial charge on any atom is -0.465 e. The summed E-state index contributed by atoms with van der Waals surface area (Å²) in [6.45, 7) is 3.87. The lowest BCUT2D eigenvalue weighted by Gasteiger charge is -2.41. The Morgan fingerprint density at radius 1 is 0.968 bits per heavy atom. The van der Waals surface area contributed by atoms with Crippen molar-refractivity contribution in [1.82, 2.24) is 0 Å². The molecule has 160 valence electrons. The van der Waals surface area contributed by atoms with Gasteiger partial charge in [-0.15, -0.1) is 0 Å². The Balaban J connectivity index is 1.88. The molecule has 1 atom stereocenters. The second kappa shape index (κ2) is 8.68. The summed E-state index contributed by atoms with van der Waals surface area (Å²) < 4.78 is 9.30. The molecule has 0 N–H and O–H groups in total. The molecular weight excluding hydrogens is 434 g/mol. The zero-order chi connectivity index (χ0) is 22.0. The molecule has 2 aliphatic rings. The number of hydrazone groups is 1. The van der Waals surface area contributed by atoms with Gasteiger partial charge in [0.05, 0.1) is 19.4 Å². The van der Waals surface area contributed by atoms with Crippen molar-refractivity contribution in [3.8, 4) is 0 Å². The molecule has 0 saturated heterocycles. The van der Waals surface area contributed by atoms with E-state index in [4.69, 9.17) is 9.47 Å². The number of thioether (sulfide) groups is 2. The van der Waals surface area contributed by atoms with E-state index >= 15 is 0 Å². The van der Waals surface area contributed by atoms with Crippen molar-refractivity contribution in [3.63, 3.8) is 0 Å². The number of anilines is 2. The molecular formula is C22H21N3O4S2. The number of allylic oxidation sites excluding steroid dienone is 1. The highest BCUT2D eigenvalue weighted by molar-refractivity contribution is 8.29. The molecule has 0 radical (unpaired) electrons. The van der Waals surface area contributed by atoms with Gasteiger partial charge in [-0.25, -0.2) is 14.6 Å². The highest BCUT2D eigenvalue weighted by atomic mass is 32.2. The highest BCUT2D eigenvalue weighted by Crippen LogP contribution is 2.60. The van der Waals surface area contributed by atoms with E-state index in [-0.39, 0.29) is 11.7 Å². The van der Waals surface area contributed by atoms with E-state index in [0.717, 1.165) is 17.1 Å². The number of methoxy groups -OCH3 is 1. The van der Waals surface area contributed by atoms with Gasteiger partial charge in [-0.05, 0) is 49.9 Å². The molecule has 31 heavy (non-hydrogen) atoms. The van der Waals surface area contributed by atoms with Gasteiger partial charge in [0.15, 0.2) is 0 Å². The molecule has 7 nitrogen and oxygen atoms in total. The maximum Gasteiger partial charge on any atom is 0.365 e. The normalized spacial score (nSPS) is 20.3. The van der Waals surface area contributed by atoms with Crippen molar-refractivity contribution in [2.24, 2.45) is 5.10 Å². The van der Waals surface area contributed by atoms with Crippen molar-refractivity contribution in [3.05, 3.63) is 71.3 Å². The summed E-state index contributed by atoms with van der Waals surface area (Å²) in [6, 6.07) is 19.2. The van der Waals surface area contributed by atoms with Gasteiger partial charge in [0, 0.05) is 11.4 Å². The van der Waals surface area contributed by atoms with E-state index in [2.05, 4.69) is 5.10 Å². The molecule has 0 amide bonds. The molecule has 0 unspecified atom stereocenters. The van der Waals surface area contributed by atoms with Crippen molar-refractivity contribution < 1.29 is 19.1 Å². The van der Waals surface area contributed by atoms with Crippen LogP contribution >= 0.6 is 23.5 Å². The third-order valence-corrected chi connectivity index (χ3v) is 7.56. The number of rotatable bonds is 5. The van der Waals surface area contributed by atoms with Gasteiger partial charge in [0.25, 0.3) is 0 Å². The van der Waals surface area contributed by atoms with Crippen molar-refractivity contribution in [1.29, 1.82) is 0 Å². The highest BCUT2D eigenvalue weighted by Gasteiger charge is 2.58. The summed E-state index contributed by atoms with van der Waals surface area (Å²) in [7, 11) is 1.36. The van der Waals surface area contributed by atoms with E-state index in [0.29, 0.717) is 4.91 Å². The Kier molecular flexibility index (Phi) is 5.97. The number of esters is 2. The van der Waals surface area contributed by atoms with Crippen molar-refractivity contribution in [2.45, 2.75) is 18.2 Å². The fourth-order valence-electron chi connectivity index (χ4n) is 3.40. The lowest BCUT2D eigenvalue weighted by Crippen LogP contribution is -2.49. The summed E-state index contributed by atoms with van der Waals surface area (Å²) in [5.74, 6) is -0.929. The molecule has 2 aromatic carbocycles. The van der Waals surface area contributed by atoms with Crippen LogP contribution in [0.1, 0.15) is 13.8 Å². The van der Waals surface area contributed by atoms with Crippen LogP contribution in [0.3, 0.4) is 0 Å². The van der Waals surface area contributed by atoms with Gasteiger partial charge in [0.1, 0.15) is 4.91 Å². The number of carbonyl (C=O) groups excluding carboxylic acids is 2. The molecule has 2 heterocycles. The molecule has 0 bridgehead atoms. The van der Waals surface area contributed by atoms with Crippen LogP contribution in [0.25, 0.3) is 0 Å². The number of hydrogen-bond acceptors (Lipinski definition) is 9. The molecule has 2 aromatic rings. The molecule has 0 saturated carbocycles. The molecule has 1 spiro atoms. The van der Waals surface area contributed by atoms with Gasteiger partial charge in [-0.2, -0.15) is 5.10 Å². The predicted molar refractivity (Wildman–Crippen MR) is 125 cm³/mol. The number of benzene rings is 2. The topological polar surface area (TPSA) is 71.4 Å². The van der Waals surface area contributed by atoms with E-state index < -0.39 is 16.3 Å². The molecule has 9 heteroatoms. The number of hydrogen-bond donors (Lipinski definition) is 0. The number of carbonyl (C=O) groups is 2. The molecule has 4 rings (SSSR count). The number of para-hydroxylation sites is 2. The summed E-state index contributed by atoms with van der Waals surface area (Å²) >= 11 is 2.55. The first-order valence-electron chi connectivity index (χ1n) is 9.65. The van der Waals surface area contributed by atoms with E-state index in [1.165, 1.54) is 30.6 Å². The largest absolute Gasteiger partial charge is 0.465 e. The fourth-order valence-corrected chi connectivity index (χ4v) is 6.37. The van der Waals surface area contributed by atoms with Crippen molar-refractivity contribution in [2.75, 3.05) is 23.6 Å². The first-order valence-corrected chi connectivity index (χ1v) is 11.3. The van der Waals surface area contributed by atoms with Gasteiger partial charge < -0.3 is 14.4 Å². The van der Waals surface area contributed by atoms with Crippen molar-refractivity contribution >= 4 is 51.9 Å². The Morgan fingerprint density at radius 2 is 1.58 bits per heavy atom. The van der Waals surface area contributed by atoms with Gasteiger partial charge in [-0.3, -0.25) is 0 Å². The van der Waals surface area contributed by atoms with Gasteiger partial charge in [0.2, 0.25) is 9.37 Å². The quantitative estimate of drug-likeness (QED) is 0.615. The summed E-state index contributed by atoms with van der Waals surface area (Å²) in [4.78, 5) is 27.7. The summed E-state index contributed by atoms with van der Waals surface area (Å²) in [6.07, 6.45) is 0. The molecule has 0 aromatic heterocycles. The Labute approximate surface area is 189 Å². The standard InChI is InChI=1S/C22H21N3O4S2/c1-4-29-21(27)19-23-25(17-13-9-6-10-14-17)22(31-19)24(16-11-7-5-8-12-16)15(2)18(30-22)20(26)28-3/h5-14H,4H2,1-3H3/t22-/m1/s1. The predicted octanol–water partition coefficient (Wildman–Crippen LogP) is 4.39. The molecule has 2 aliphatic heterocycles. The monoisotopic (exact) mass is 455 g/mol. The second-order valence-electron chi connectivity index (χ2n) is 6.60. The summed E-state index contributed by atoms with van der Waals surface area (Å²) in [5, 5.41) is 6.62. The second-order valence-corrected chi connectivity index (χ2v) is 9.20. The van der Waals surface area contributed by atoms with Crippen LogP contribution in [-0.2, 0) is 19.1 Å². The van der Waals surface area contributed by atoms with E-state index in [1.54, 1.807) is 11.9 Å². The minimum absolute atomic E-state index is 0.220. The number of nitrogens with zero attached hydrogens (tertiary/aromatic N) is 3. The Hall–Kier alpha value is -2.91. The van der Waals surface area contributed by atoms with E-state index in [9.17, 15) is 9.59 Å². The van der Waals surface area contributed by atoms with Crippen LogP contribution in [0.4, 0.5) is 11.4 Å². The van der Waals surface area contributed by atoms with Crippen LogP contribution in [-0.4, -0.2) is 35.0 Å². The Bertz CT molecular complexity index is 1060. The maximum absolute atomic E-state index is 12.6. The lowest BCUT2D eigenvalue weighted by molar-refractivity contribution is -0.135. The Morgan fingerprint density at radius 3 is 2.16 bits per heavy atom. The zero-order valence-corrected chi connectivity index (χ0v) is 18.9. The maximum atomic E-state index is 12.6. The minimum atomic E-state index is -0.974. The zero-order valence-electron chi connectivity index (χ0n) is 17.3. The third-order valence-electron chi connectivity index (χ3n) is 4.71. The van der Waals surface area contributed by atoms with Gasteiger partial charge >= 0.3 is 11.9 Å². The lowest BCUT2D eigenvalue weighted by atomic mass is 10.2. The van der Waals surface area contributed by atoms with Crippen LogP contribution < -0.4 is 9.91 Å². The van der Waals surface area contributed by atoms with Crippen LogP contribution in [0.15, 0.2) is 76.4 Å². The first kappa shape index (κ1) is 21.3. The van der Waals surface area contributed by atoms with Crippen LogP contribution in [0, 0.1) is 0 Å². The average molecular weight is 456 g/mol. The first-order chi connectivity index (χ1) is 15.0. The SMILES string of the molecule is CCOC(=O)C1=NN(c2ccccc2)[C@@]2(S1)SC(C(=O)OC)=C(C)N2c1ccccc1. The molecule has 0 fully saturated rings. The number of ether oxygens (including phenoxy) is 2. The molecule has 0 aliphatic carbocycles. The fraction of sp³-hybridized carbons (Fsp3) is 0.227. The average Bonchev–Trinajstić information content (AvgIpc) is 3.32. The van der Waals surface area contributed by atoms with Crippen LogP contribution in [0.2, 0.25) is 0 Å². The third kappa shape index (κ3) is 3.68. The van der Waals surface area contributed by atoms with E-state index in [1.807, 2.05) is 72.5 Å². The summed E-state index contributed by atoms with van der Waals surface area (Å²) in [5.41, 5.74) is 2.36. The van der Waals surface area contributed by atoms with Crippen LogP contribution in [0.5, 0.6) is 0 Å². The van der Waals surface area contributed by atoms with Gasteiger partial charge in [-0.1, -0.05) is 48.2 Å². The smallest absolute Gasteiger partial charge is 0.365 e.